The monoisotopic (exact) mass is 336 g/mol. The zero-order chi connectivity index (χ0) is 16.2. The number of esters is 1. The fraction of sp³-hybridized carbons (Fsp3) is 0.824. The quantitative estimate of drug-likeness (QED) is 0.240. The number of rotatable bonds is 13. The summed E-state index contributed by atoms with van der Waals surface area (Å²) in [6, 6.07) is 0. The van der Waals surface area contributed by atoms with Crippen molar-refractivity contribution in [2.24, 2.45) is 0 Å². The van der Waals surface area contributed by atoms with Crippen molar-refractivity contribution in [1.82, 2.24) is 0 Å². The van der Waals surface area contributed by atoms with Gasteiger partial charge in [0, 0.05) is 0 Å². The molecule has 0 radical (unpaired) electrons. The number of unbranched alkanes of at least 4 members (excludes halogenated alkanes) is 3. The van der Waals surface area contributed by atoms with E-state index in [1.807, 2.05) is 0 Å². The van der Waals surface area contributed by atoms with E-state index in [2.05, 4.69) is 27.4 Å². The van der Waals surface area contributed by atoms with Gasteiger partial charge in [0.2, 0.25) is 0 Å². The molecular weight excluding hydrogens is 303 g/mol. The summed E-state index contributed by atoms with van der Waals surface area (Å²) in [7, 11) is 0. The molecule has 2 nitrogen and oxygen atoms in total. The van der Waals surface area contributed by atoms with Crippen LogP contribution in [0.4, 0.5) is 0 Å². The van der Waals surface area contributed by atoms with Gasteiger partial charge < -0.3 is 0 Å². The van der Waals surface area contributed by atoms with Crippen molar-refractivity contribution >= 4 is 23.2 Å². The molecule has 126 valence electrons. The molecule has 0 bridgehead atoms. The van der Waals surface area contributed by atoms with E-state index in [-0.39, 0.29) is 12.6 Å². The molecule has 0 fully saturated rings. The van der Waals surface area contributed by atoms with Gasteiger partial charge in [-0.1, -0.05) is 0 Å². The van der Waals surface area contributed by atoms with Gasteiger partial charge in [0.15, 0.2) is 0 Å². The second-order valence-electron chi connectivity index (χ2n) is 6.18. The minimum atomic E-state index is -2.50. The van der Waals surface area contributed by atoms with Gasteiger partial charge in [-0.3, -0.25) is 0 Å². The molecule has 0 rings (SSSR count). The first kappa shape index (κ1) is 20.9. The van der Waals surface area contributed by atoms with Crippen LogP contribution in [0.3, 0.4) is 0 Å². The van der Waals surface area contributed by atoms with Gasteiger partial charge in [0.25, 0.3) is 0 Å². The normalized spacial score (nSPS) is 13.4. The second kappa shape index (κ2) is 10.6. The number of carbonyl (C=O) groups is 1. The van der Waals surface area contributed by atoms with Crippen LogP contribution in [0.15, 0.2) is 12.7 Å². The Morgan fingerprint density at radius 3 is 1.81 bits per heavy atom. The van der Waals surface area contributed by atoms with Gasteiger partial charge in [0.1, 0.15) is 0 Å². The van der Waals surface area contributed by atoms with Gasteiger partial charge in [-0.2, -0.15) is 0 Å². The molecule has 4 heteroatoms. The third kappa shape index (κ3) is 8.21. The number of halogens is 1. The van der Waals surface area contributed by atoms with Gasteiger partial charge in [-0.15, -0.1) is 0 Å². The molecule has 0 aromatic carbocycles. The summed E-state index contributed by atoms with van der Waals surface area (Å²) >= 11 is 7.31. The number of hydrogen-bond donors (Lipinski definition) is 0. The van der Waals surface area contributed by atoms with E-state index in [1.165, 1.54) is 0 Å². The van der Waals surface area contributed by atoms with Crippen LogP contribution in [0.2, 0.25) is 0 Å². The van der Waals surface area contributed by atoms with Gasteiger partial charge in [-0.25, -0.2) is 0 Å². The SMILES string of the molecule is C=CCOC(=O)CP(Cl)(CCCC)(CCCC)CCCC. The Labute approximate surface area is 136 Å². The second-order valence-corrected chi connectivity index (χ2v) is 14.3. The van der Waals surface area contributed by atoms with Crippen molar-refractivity contribution in [3.05, 3.63) is 12.7 Å². The van der Waals surface area contributed by atoms with Crippen LogP contribution >= 0.6 is 17.2 Å². The Bertz CT molecular complexity index is 293. The molecule has 21 heavy (non-hydrogen) atoms. The average Bonchev–Trinajstić information content (AvgIpc) is 2.48. The van der Waals surface area contributed by atoms with E-state index >= 15 is 0 Å². The van der Waals surface area contributed by atoms with Crippen molar-refractivity contribution in [2.45, 2.75) is 59.3 Å². The third-order valence-corrected chi connectivity index (χ3v) is 11.3. The van der Waals surface area contributed by atoms with Crippen molar-refractivity contribution in [3.63, 3.8) is 0 Å². The molecule has 0 N–H and O–H groups in total. The molecule has 0 heterocycles. The Morgan fingerprint density at radius 1 is 1.05 bits per heavy atom. The predicted octanol–water partition coefficient (Wildman–Crippen LogP) is 5.82. The van der Waals surface area contributed by atoms with E-state index in [9.17, 15) is 4.79 Å². The molecular formula is C17H34ClO2P. The van der Waals surface area contributed by atoms with Crippen LogP contribution in [0.1, 0.15) is 59.3 Å². The van der Waals surface area contributed by atoms with Crippen LogP contribution in [0.5, 0.6) is 0 Å². The third-order valence-electron chi connectivity index (χ3n) is 4.10. The summed E-state index contributed by atoms with van der Waals surface area (Å²) in [6.07, 6.45) is 11.9. The van der Waals surface area contributed by atoms with Crippen LogP contribution in [0.25, 0.3) is 0 Å². The fourth-order valence-corrected chi connectivity index (χ4v) is 9.32. The number of ether oxygens (including phenoxy) is 1. The van der Waals surface area contributed by atoms with Crippen LogP contribution < -0.4 is 0 Å². The molecule has 0 aromatic heterocycles. The standard InChI is InChI=1S/C17H34ClO2P/c1-5-9-13-21(18,14-10-6-2,15-11-7-3)16-17(19)20-12-8-4/h8H,4-7,9-16H2,1-3H3. The summed E-state index contributed by atoms with van der Waals surface area (Å²) in [4.78, 5) is 12.2. The molecule has 0 unspecified atom stereocenters. The molecule has 0 amide bonds. The zero-order valence-corrected chi connectivity index (χ0v) is 15.9. The zero-order valence-electron chi connectivity index (χ0n) is 14.2. The van der Waals surface area contributed by atoms with Gasteiger partial charge >= 0.3 is 136 Å². The molecule has 0 saturated carbocycles. The molecule has 0 aliphatic heterocycles. The van der Waals surface area contributed by atoms with E-state index in [0.29, 0.717) is 6.16 Å². The van der Waals surface area contributed by atoms with Crippen molar-refractivity contribution in [2.75, 3.05) is 31.3 Å². The van der Waals surface area contributed by atoms with Crippen molar-refractivity contribution in [3.8, 4) is 0 Å². The maximum atomic E-state index is 12.2. The summed E-state index contributed by atoms with van der Waals surface area (Å²) in [6.45, 7) is 10.4. The Balaban J connectivity index is 5.11. The van der Waals surface area contributed by atoms with E-state index < -0.39 is 5.96 Å². The fourth-order valence-electron chi connectivity index (χ4n) is 2.75. The summed E-state index contributed by atoms with van der Waals surface area (Å²) < 4.78 is 5.24. The van der Waals surface area contributed by atoms with Crippen LogP contribution in [-0.4, -0.2) is 37.2 Å². The summed E-state index contributed by atoms with van der Waals surface area (Å²) in [5.41, 5.74) is 0. The van der Waals surface area contributed by atoms with E-state index in [1.54, 1.807) is 6.08 Å². The summed E-state index contributed by atoms with van der Waals surface area (Å²) in [5.74, 6) is -2.63. The average molecular weight is 337 g/mol. The number of carbonyl (C=O) groups excluding carboxylic acids is 1. The van der Waals surface area contributed by atoms with Gasteiger partial charge in [-0.05, 0) is 0 Å². The molecule has 0 saturated heterocycles. The first-order chi connectivity index (χ1) is 9.93. The molecule has 0 atom stereocenters. The first-order valence-corrected chi connectivity index (χ1v) is 12.3. The van der Waals surface area contributed by atoms with Crippen LogP contribution in [-0.2, 0) is 9.53 Å². The minimum absolute atomic E-state index is 0.133. The Hall–Kier alpha value is -0.0700. The van der Waals surface area contributed by atoms with E-state index in [0.717, 1.165) is 57.0 Å². The molecule has 0 aliphatic carbocycles. The Morgan fingerprint density at radius 2 is 1.48 bits per heavy atom. The summed E-state index contributed by atoms with van der Waals surface area (Å²) in [5, 5.41) is 0. The first-order valence-electron chi connectivity index (χ1n) is 8.42. The number of hydrogen-bond acceptors (Lipinski definition) is 2. The topological polar surface area (TPSA) is 26.3 Å². The molecule has 0 spiro atoms. The molecule has 0 aromatic rings. The maximum absolute atomic E-state index is 12.2. The van der Waals surface area contributed by atoms with Crippen molar-refractivity contribution in [1.29, 1.82) is 0 Å². The van der Waals surface area contributed by atoms with Gasteiger partial charge in [0.05, 0.1) is 0 Å². The molecule has 0 aliphatic rings. The van der Waals surface area contributed by atoms with Crippen LogP contribution in [0, 0.1) is 0 Å². The Kier molecular flexibility index (Phi) is 10.6. The predicted molar refractivity (Wildman–Crippen MR) is 98.1 cm³/mol. The van der Waals surface area contributed by atoms with Crippen molar-refractivity contribution < 1.29 is 9.53 Å². The van der Waals surface area contributed by atoms with E-state index in [4.69, 9.17) is 16.0 Å².